The summed E-state index contributed by atoms with van der Waals surface area (Å²) in [6, 6.07) is 7.48. The Kier molecular flexibility index (Phi) is 4.70. The van der Waals surface area contributed by atoms with E-state index >= 15 is 0 Å². The molecule has 8 heteroatoms. The number of piperazine rings is 1. The minimum absolute atomic E-state index is 0.130. The van der Waals surface area contributed by atoms with Gasteiger partial charge in [-0.05, 0) is 31.5 Å². The van der Waals surface area contributed by atoms with Gasteiger partial charge in [-0.1, -0.05) is 23.7 Å². The standard InChI is InChI=1S/C19H21ClN6O/c1-13-14(2)23-19-21-12-22-26(19)18(13)25-8-6-24(7-9-25)17(27)11-15-4-3-5-16(20)10-15/h3-5,10,12H,6-9,11H2,1-2H3. The van der Waals surface area contributed by atoms with Crippen LogP contribution in [0.15, 0.2) is 30.6 Å². The normalized spacial score (nSPS) is 14.8. The number of aryl methyl sites for hydroxylation is 1. The molecule has 1 fully saturated rings. The smallest absolute Gasteiger partial charge is 0.254 e. The van der Waals surface area contributed by atoms with Gasteiger partial charge in [0.25, 0.3) is 5.78 Å². The highest BCUT2D eigenvalue weighted by molar-refractivity contribution is 6.30. The van der Waals surface area contributed by atoms with E-state index < -0.39 is 0 Å². The Morgan fingerprint density at radius 1 is 1.19 bits per heavy atom. The molecule has 1 saturated heterocycles. The van der Waals surface area contributed by atoms with Crippen LogP contribution in [0.3, 0.4) is 0 Å². The Balaban J connectivity index is 1.47. The van der Waals surface area contributed by atoms with Crippen LogP contribution in [0.2, 0.25) is 5.02 Å². The summed E-state index contributed by atoms with van der Waals surface area (Å²) in [6.45, 7) is 6.89. The molecule has 27 heavy (non-hydrogen) atoms. The van der Waals surface area contributed by atoms with Crippen molar-refractivity contribution >= 4 is 29.1 Å². The van der Waals surface area contributed by atoms with Crippen molar-refractivity contribution in [1.82, 2.24) is 24.5 Å². The van der Waals surface area contributed by atoms with E-state index in [1.807, 2.05) is 36.1 Å². The number of carbonyl (C=O) groups excluding carboxylic acids is 1. The highest BCUT2D eigenvalue weighted by Crippen LogP contribution is 2.23. The van der Waals surface area contributed by atoms with Crippen molar-refractivity contribution in [2.75, 3.05) is 31.1 Å². The van der Waals surface area contributed by atoms with Gasteiger partial charge in [-0.3, -0.25) is 4.79 Å². The van der Waals surface area contributed by atoms with Gasteiger partial charge in [-0.15, -0.1) is 0 Å². The fourth-order valence-electron chi connectivity index (χ4n) is 3.49. The summed E-state index contributed by atoms with van der Waals surface area (Å²) >= 11 is 6.02. The van der Waals surface area contributed by atoms with E-state index in [0.29, 0.717) is 30.3 Å². The molecule has 1 aliphatic rings. The van der Waals surface area contributed by atoms with Gasteiger partial charge in [0.1, 0.15) is 12.1 Å². The summed E-state index contributed by atoms with van der Waals surface area (Å²) in [4.78, 5) is 25.5. The van der Waals surface area contributed by atoms with Crippen LogP contribution in [0.1, 0.15) is 16.8 Å². The first-order valence-corrected chi connectivity index (χ1v) is 9.35. The maximum Gasteiger partial charge on any atom is 0.254 e. The van der Waals surface area contributed by atoms with Crippen molar-refractivity contribution in [3.63, 3.8) is 0 Å². The van der Waals surface area contributed by atoms with Crippen molar-refractivity contribution in [1.29, 1.82) is 0 Å². The third kappa shape index (κ3) is 3.47. The topological polar surface area (TPSA) is 66.6 Å². The van der Waals surface area contributed by atoms with E-state index in [1.54, 1.807) is 4.52 Å². The number of rotatable bonds is 3. The number of nitrogens with zero attached hydrogens (tertiary/aromatic N) is 6. The van der Waals surface area contributed by atoms with Crippen LogP contribution in [0.4, 0.5) is 5.82 Å². The molecule has 0 saturated carbocycles. The molecule has 1 amide bonds. The maximum absolute atomic E-state index is 12.6. The van der Waals surface area contributed by atoms with Gasteiger partial charge < -0.3 is 9.80 Å². The van der Waals surface area contributed by atoms with Gasteiger partial charge in [-0.2, -0.15) is 14.6 Å². The number of hydrogen-bond acceptors (Lipinski definition) is 5. The molecule has 3 heterocycles. The number of hydrogen-bond donors (Lipinski definition) is 0. The van der Waals surface area contributed by atoms with E-state index in [4.69, 9.17) is 11.6 Å². The molecule has 0 aliphatic carbocycles. The van der Waals surface area contributed by atoms with Crippen LogP contribution in [0, 0.1) is 13.8 Å². The van der Waals surface area contributed by atoms with Gasteiger partial charge in [0.15, 0.2) is 0 Å². The van der Waals surface area contributed by atoms with E-state index in [9.17, 15) is 4.79 Å². The summed E-state index contributed by atoms with van der Waals surface area (Å²) in [5.41, 5.74) is 2.98. The molecule has 140 valence electrons. The SMILES string of the molecule is Cc1nc2ncnn2c(N2CCN(C(=O)Cc3cccc(Cl)c3)CC2)c1C. The van der Waals surface area contributed by atoms with Crippen LogP contribution >= 0.6 is 11.6 Å². The highest BCUT2D eigenvalue weighted by atomic mass is 35.5. The molecule has 4 rings (SSSR count). The van der Waals surface area contributed by atoms with E-state index in [0.717, 1.165) is 35.7 Å². The predicted octanol–water partition coefficient (Wildman–Crippen LogP) is 2.29. The molecule has 3 aromatic rings. The van der Waals surface area contributed by atoms with E-state index in [-0.39, 0.29) is 5.91 Å². The van der Waals surface area contributed by atoms with Gasteiger partial charge in [0, 0.05) is 42.5 Å². The molecule has 7 nitrogen and oxygen atoms in total. The lowest BCUT2D eigenvalue weighted by Gasteiger charge is -2.36. The Bertz CT molecular complexity index is 993. The summed E-state index contributed by atoms with van der Waals surface area (Å²) in [5, 5.41) is 4.98. The second kappa shape index (κ2) is 7.15. The first kappa shape index (κ1) is 17.7. The lowest BCUT2D eigenvalue weighted by molar-refractivity contribution is -0.130. The molecule has 0 atom stereocenters. The zero-order valence-electron chi connectivity index (χ0n) is 15.4. The van der Waals surface area contributed by atoms with Crippen molar-refractivity contribution in [3.05, 3.63) is 52.4 Å². The van der Waals surface area contributed by atoms with Crippen LogP contribution in [-0.2, 0) is 11.2 Å². The second-order valence-corrected chi connectivity index (χ2v) is 7.23. The largest absolute Gasteiger partial charge is 0.353 e. The second-order valence-electron chi connectivity index (χ2n) is 6.79. The summed E-state index contributed by atoms with van der Waals surface area (Å²) in [6.07, 6.45) is 1.90. The first-order valence-electron chi connectivity index (χ1n) is 8.97. The summed E-state index contributed by atoms with van der Waals surface area (Å²) < 4.78 is 1.78. The zero-order chi connectivity index (χ0) is 19.0. The number of amides is 1. The molecular weight excluding hydrogens is 364 g/mol. The Labute approximate surface area is 162 Å². The average Bonchev–Trinajstić information content (AvgIpc) is 3.10. The fraction of sp³-hybridized carbons (Fsp3) is 0.368. The average molecular weight is 385 g/mol. The van der Waals surface area contributed by atoms with Crippen LogP contribution < -0.4 is 4.90 Å². The van der Waals surface area contributed by atoms with Gasteiger partial charge in [-0.25, -0.2) is 4.98 Å². The monoisotopic (exact) mass is 384 g/mol. The van der Waals surface area contributed by atoms with Crippen molar-refractivity contribution < 1.29 is 4.79 Å². The number of carbonyl (C=O) groups is 1. The number of anilines is 1. The minimum Gasteiger partial charge on any atom is -0.353 e. The zero-order valence-corrected chi connectivity index (χ0v) is 16.1. The van der Waals surface area contributed by atoms with E-state index in [2.05, 4.69) is 26.9 Å². The minimum atomic E-state index is 0.130. The van der Waals surface area contributed by atoms with Crippen LogP contribution in [-0.4, -0.2) is 56.6 Å². The molecule has 0 spiro atoms. The number of benzene rings is 1. The van der Waals surface area contributed by atoms with Gasteiger partial charge in [0.05, 0.1) is 6.42 Å². The predicted molar refractivity (Wildman–Crippen MR) is 104 cm³/mol. The molecule has 1 aliphatic heterocycles. The lowest BCUT2D eigenvalue weighted by atomic mass is 10.1. The molecule has 0 bridgehead atoms. The first-order chi connectivity index (χ1) is 13.0. The number of aromatic nitrogens is 4. The van der Waals surface area contributed by atoms with Gasteiger partial charge in [0.2, 0.25) is 5.91 Å². The van der Waals surface area contributed by atoms with Crippen LogP contribution in [0.25, 0.3) is 5.78 Å². The molecular formula is C19H21ClN6O. The summed E-state index contributed by atoms with van der Waals surface area (Å²) in [5.74, 6) is 1.75. The van der Waals surface area contributed by atoms with Gasteiger partial charge >= 0.3 is 0 Å². The molecule has 0 N–H and O–H groups in total. The Morgan fingerprint density at radius 2 is 1.96 bits per heavy atom. The Hall–Kier alpha value is -2.67. The van der Waals surface area contributed by atoms with Crippen molar-refractivity contribution in [3.8, 4) is 0 Å². The van der Waals surface area contributed by atoms with Crippen LogP contribution in [0.5, 0.6) is 0 Å². The lowest BCUT2D eigenvalue weighted by Crippen LogP contribution is -2.50. The third-order valence-corrected chi connectivity index (χ3v) is 5.29. The number of halogens is 1. The number of fused-ring (bicyclic) bond motifs is 1. The summed E-state index contributed by atoms with van der Waals surface area (Å²) in [7, 11) is 0. The highest BCUT2D eigenvalue weighted by Gasteiger charge is 2.25. The molecule has 0 unspecified atom stereocenters. The van der Waals surface area contributed by atoms with Crippen molar-refractivity contribution in [2.45, 2.75) is 20.3 Å². The molecule has 0 radical (unpaired) electrons. The third-order valence-electron chi connectivity index (χ3n) is 5.05. The van der Waals surface area contributed by atoms with Crippen molar-refractivity contribution in [2.24, 2.45) is 0 Å². The fourth-order valence-corrected chi connectivity index (χ4v) is 3.70. The maximum atomic E-state index is 12.6. The Morgan fingerprint density at radius 3 is 2.70 bits per heavy atom. The molecule has 2 aromatic heterocycles. The molecule has 1 aromatic carbocycles. The van der Waals surface area contributed by atoms with E-state index in [1.165, 1.54) is 6.33 Å². The quantitative estimate of drug-likeness (QED) is 0.693.